The molecule has 0 aromatic carbocycles. The number of thiazole rings is 1. The molecule has 9 nitrogen and oxygen atoms in total. The molecule has 10 heteroatoms. The molecular formula is C29H38N4O5S. The molecule has 39 heavy (non-hydrogen) atoms. The quantitative estimate of drug-likeness (QED) is 0.303. The third-order valence-electron chi connectivity index (χ3n) is 6.73. The van der Waals surface area contributed by atoms with E-state index in [1.54, 1.807) is 18.5 Å². The summed E-state index contributed by atoms with van der Waals surface area (Å²) < 4.78 is 17.2. The number of amides is 1. The maximum absolute atomic E-state index is 12.7. The van der Waals surface area contributed by atoms with Gasteiger partial charge in [0.25, 0.3) is 0 Å². The van der Waals surface area contributed by atoms with Crippen LogP contribution in [0.3, 0.4) is 0 Å². The summed E-state index contributed by atoms with van der Waals surface area (Å²) in [6.45, 7) is 13.6. The molecule has 0 saturated heterocycles. The minimum absolute atomic E-state index is 0.0139. The lowest BCUT2D eigenvalue weighted by atomic mass is 9.81. The monoisotopic (exact) mass is 554 g/mol. The van der Waals surface area contributed by atoms with E-state index >= 15 is 0 Å². The van der Waals surface area contributed by atoms with E-state index in [-0.39, 0.29) is 48.3 Å². The Morgan fingerprint density at radius 2 is 1.87 bits per heavy atom. The summed E-state index contributed by atoms with van der Waals surface area (Å²) in [6.07, 6.45) is 11.1. The molecule has 4 rings (SSSR count). The minimum Gasteiger partial charge on any atom is -0.460 e. The van der Waals surface area contributed by atoms with Crippen molar-refractivity contribution in [2.45, 2.75) is 97.2 Å². The van der Waals surface area contributed by atoms with Crippen molar-refractivity contribution >= 4 is 40.0 Å². The van der Waals surface area contributed by atoms with Crippen LogP contribution in [-0.4, -0.2) is 50.7 Å². The van der Waals surface area contributed by atoms with Gasteiger partial charge in [-0.3, -0.25) is 9.59 Å². The largest absolute Gasteiger partial charge is 0.460 e. The average Bonchev–Trinajstić information content (AvgIpc) is 3.42. The predicted molar refractivity (Wildman–Crippen MR) is 151 cm³/mol. The zero-order valence-corrected chi connectivity index (χ0v) is 24.2. The molecule has 0 radical (unpaired) electrons. The average molecular weight is 555 g/mol. The zero-order valence-electron chi connectivity index (χ0n) is 23.4. The number of ether oxygens (including phenoxy) is 3. The van der Waals surface area contributed by atoms with Gasteiger partial charge in [0.2, 0.25) is 5.91 Å². The normalized spacial score (nSPS) is 23.3. The smallest absolute Gasteiger partial charge is 0.302 e. The maximum Gasteiger partial charge on any atom is 0.302 e. The van der Waals surface area contributed by atoms with Gasteiger partial charge in [0.15, 0.2) is 11.0 Å². The maximum atomic E-state index is 12.7. The third kappa shape index (κ3) is 8.03. The number of carbonyl (C=O) groups excluding carboxylic acids is 2. The fourth-order valence-electron chi connectivity index (χ4n) is 4.77. The fraction of sp³-hybridized carbons (Fsp3) is 0.552. The summed E-state index contributed by atoms with van der Waals surface area (Å²) in [5, 5.41) is 3.55. The highest BCUT2D eigenvalue weighted by Gasteiger charge is 2.37. The molecule has 0 spiro atoms. The molecule has 1 amide bonds. The minimum atomic E-state index is -0.288. The standard InChI is InChI=1S/C29H38N4O5S/c1-7-19(21-14-30-26(31-15-21)16-36-23-9-8-10-24(23)37-18(3)34)13-25-17(2)32-28(39-25)33-27(35)20-11-22(12-20)38-29(4,5)6/h7,13-15,20,22-24H,1,8-12,16H2,2-6H3,(H,32,33,35)/b19-13+/t20-,22+,23-,24-/m0/s1. The predicted octanol–water partition coefficient (Wildman–Crippen LogP) is 5.50. The number of hydrogen-bond acceptors (Lipinski definition) is 9. The molecular weight excluding hydrogens is 516 g/mol. The molecule has 2 aliphatic carbocycles. The van der Waals surface area contributed by atoms with Crippen LogP contribution in [0.1, 0.15) is 81.8 Å². The summed E-state index contributed by atoms with van der Waals surface area (Å²) in [4.78, 5) is 38.4. The van der Waals surface area contributed by atoms with Gasteiger partial charge in [-0.05, 0) is 71.4 Å². The van der Waals surface area contributed by atoms with Gasteiger partial charge in [-0.15, -0.1) is 0 Å². The fourth-order valence-corrected chi connectivity index (χ4v) is 5.69. The van der Waals surface area contributed by atoms with Crippen molar-refractivity contribution in [2.75, 3.05) is 5.32 Å². The number of nitrogens with one attached hydrogen (secondary N) is 1. The first-order valence-corrected chi connectivity index (χ1v) is 14.2. The van der Waals surface area contributed by atoms with Crippen LogP contribution < -0.4 is 5.32 Å². The van der Waals surface area contributed by atoms with E-state index in [0.717, 1.165) is 53.8 Å². The van der Waals surface area contributed by atoms with Gasteiger partial charge in [0.05, 0.1) is 28.4 Å². The molecule has 2 atom stereocenters. The first kappa shape index (κ1) is 29.0. The summed E-state index contributed by atoms with van der Waals surface area (Å²) in [7, 11) is 0. The van der Waals surface area contributed by atoms with E-state index in [0.29, 0.717) is 11.0 Å². The molecule has 2 saturated carbocycles. The van der Waals surface area contributed by atoms with Gasteiger partial charge in [0, 0.05) is 30.8 Å². The van der Waals surface area contributed by atoms with Crippen molar-refractivity contribution in [2.24, 2.45) is 5.92 Å². The number of carbonyl (C=O) groups is 2. The number of allylic oxidation sites excluding steroid dienone is 2. The van der Waals surface area contributed by atoms with Crippen LogP contribution in [0, 0.1) is 12.8 Å². The molecule has 0 aliphatic heterocycles. The molecule has 2 fully saturated rings. The lowest BCUT2D eigenvalue weighted by molar-refractivity contribution is -0.153. The number of aryl methyl sites for hydroxylation is 1. The Hall–Kier alpha value is -2.95. The second-order valence-corrected chi connectivity index (χ2v) is 12.1. The number of hydrogen-bond donors (Lipinski definition) is 1. The van der Waals surface area contributed by atoms with Crippen LogP contribution in [-0.2, 0) is 30.4 Å². The molecule has 0 bridgehead atoms. The van der Waals surface area contributed by atoms with E-state index in [1.807, 2.05) is 33.8 Å². The highest BCUT2D eigenvalue weighted by molar-refractivity contribution is 7.16. The number of rotatable bonds is 10. The van der Waals surface area contributed by atoms with Crippen LogP contribution in [0.15, 0.2) is 25.0 Å². The highest BCUT2D eigenvalue weighted by atomic mass is 32.1. The second-order valence-electron chi connectivity index (χ2n) is 11.1. The topological polar surface area (TPSA) is 113 Å². The van der Waals surface area contributed by atoms with Crippen LogP contribution in [0.4, 0.5) is 5.13 Å². The number of esters is 1. The van der Waals surface area contributed by atoms with Crippen LogP contribution in [0.5, 0.6) is 0 Å². The van der Waals surface area contributed by atoms with Crippen LogP contribution >= 0.6 is 11.3 Å². The first-order chi connectivity index (χ1) is 18.5. The molecule has 210 valence electrons. The number of anilines is 1. The van der Waals surface area contributed by atoms with Crippen molar-refractivity contribution in [1.82, 2.24) is 15.0 Å². The summed E-state index contributed by atoms with van der Waals surface area (Å²) in [5.74, 6) is 0.203. The van der Waals surface area contributed by atoms with Gasteiger partial charge in [-0.25, -0.2) is 15.0 Å². The van der Waals surface area contributed by atoms with Gasteiger partial charge in [0.1, 0.15) is 12.7 Å². The molecule has 2 aliphatic rings. The molecule has 2 aromatic rings. The van der Waals surface area contributed by atoms with Gasteiger partial charge in [-0.1, -0.05) is 24.0 Å². The van der Waals surface area contributed by atoms with Gasteiger partial charge >= 0.3 is 5.97 Å². The lowest BCUT2D eigenvalue weighted by Gasteiger charge is -2.38. The van der Waals surface area contributed by atoms with E-state index in [2.05, 4.69) is 26.8 Å². The Bertz CT molecular complexity index is 1210. The van der Waals surface area contributed by atoms with Crippen molar-refractivity contribution in [1.29, 1.82) is 0 Å². The van der Waals surface area contributed by atoms with Crippen molar-refractivity contribution in [3.8, 4) is 0 Å². The van der Waals surface area contributed by atoms with Gasteiger partial charge in [-0.2, -0.15) is 0 Å². The first-order valence-electron chi connectivity index (χ1n) is 13.4. The van der Waals surface area contributed by atoms with Crippen molar-refractivity contribution in [3.63, 3.8) is 0 Å². The lowest BCUT2D eigenvalue weighted by Crippen LogP contribution is -2.42. The molecule has 2 aromatic heterocycles. The van der Waals surface area contributed by atoms with Crippen LogP contribution in [0.25, 0.3) is 11.6 Å². The molecule has 1 N–H and O–H groups in total. The van der Waals surface area contributed by atoms with E-state index < -0.39 is 0 Å². The van der Waals surface area contributed by atoms with Crippen molar-refractivity contribution < 1.29 is 23.8 Å². The Kier molecular flexibility index (Phi) is 9.30. The SMILES string of the molecule is C=C/C(=C\c1sc(NC(=O)[C@H]2C[C@@H](OC(C)(C)C)C2)nc1C)c1cnc(CO[C@H]2CCC[C@@H]2OC(C)=O)nc1. The Labute approximate surface area is 234 Å². The van der Waals surface area contributed by atoms with E-state index in [1.165, 1.54) is 18.3 Å². The molecule has 2 heterocycles. The number of nitrogens with zero attached hydrogens (tertiary/aromatic N) is 3. The molecule has 0 unspecified atom stereocenters. The third-order valence-corrected chi connectivity index (χ3v) is 7.75. The second kappa shape index (κ2) is 12.5. The van der Waals surface area contributed by atoms with Gasteiger partial charge < -0.3 is 19.5 Å². The Balaban J connectivity index is 1.33. The van der Waals surface area contributed by atoms with E-state index in [4.69, 9.17) is 14.2 Å². The Morgan fingerprint density at radius 3 is 2.51 bits per heavy atom. The zero-order chi connectivity index (χ0) is 28.2. The summed E-state index contributed by atoms with van der Waals surface area (Å²) in [6, 6.07) is 0. The van der Waals surface area contributed by atoms with Crippen LogP contribution in [0.2, 0.25) is 0 Å². The summed E-state index contributed by atoms with van der Waals surface area (Å²) in [5.41, 5.74) is 2.28. The van der Waals surface area contributed by atoms with E-state index in [9.17, 15) is 9.59 Å². The Morgan fingerprint density at radius 1 is 1.18 bits per heavy atom. The summed E-state index contributed by atoms with van der Waals surface area (Å²) >= 11 is 1.42. The number of aromatic nitrogens is 3. The van der Waals surface area contributed by atoms with Crippen molar-refractivity contribution in [3.05, 3.63) is 47.0 Å². The highest BCUT2D eigenvalue weighted by Crippen LogP contribution is 2.35.